The lowest BCUT2D eigenvalue weighted by molar-refractivity contribution is 0.200. The summed E-state index contributed by atoms with van der Waals surface area (Å²) in [5.41, 5.74) is 2.82. The first-order valence-electron chi connectivity index (χ1n) is 9.72. The van der Waals surface area contributed by atoms with Crippen LogP contribution in [0.15, 0.2) is 60.9 Å². The van der Waals surface area contributed by atoms with Crippen molar-refractivity contribution in [2.75, 3.05) is 24.1 Å². The summed E-state index contributed by atoms with van der Waals surface area (Å²) in [4.78, 5) is 6.83. The van der Waals surface area contributed by atoms with Gasteiger partial charge in [-0.25, -0.2) is 18.1 Å². The van der Waals surface area contributed by atoms with Gasteiger partial charge in [0.05, 0.1) is 18.5 Å². The van der Waals surface area contributed by atoms with Crippen LogP contribution in [-0.2, 0) is 16.6 Å². The van der Waals surface area contributed by atoms with E-state index in [2.05, 4.69) is 25.8 Å². The molecule has 0 atom stereocenters. The molecule has 1 saturated heterocycles. The number of piperidine rings is 1. The molecule has 2 aromatic carbocycles. The molecule has 152 valence electrons. The highest BCUT2D eigenvalue weighted by Gasteiger charge is 2.22. The molecule has 2 heterocycles. The Kier molecular flexibility index (Phi) is 5.64. The number of hydrogen-bond acceptors (Lipinski definition) is 5. The van der Waals surface area contributed by atoms with Gasteiger partial charge in [0.2, 0.25) is 10.0 Å². The first-order valence-corrected chi connectivity index (χ1v) is 11.6. The summed E-state index contributed by atoms with van der Waals surface area (Å²) in [6, 6.07) is 17.7. The van der Waals surface area contributed by atoms with E-state index in [-0.39, 0.29) is 0 Å². The van der Waals surface area contributed by atoms with Crippen LogP contribution in [-0.4, -0.2) is 47.4 Å². The number of anilines is 1. The summed E-state index contributed by atoms with van der Waals surface area (Å²) in [6.45, 7) is 2.67. The minimum atomic E-state index is -3.26. The number of benzene rings is 2. The van der Waals surface area contributed by atoms with Crippen molar-refractivity contribution < 1.29 is 8.42 Å². The van der Waals surface area contributed by atoms with Crippen LogP contribution in [0, 0.1) is 0 Å². The standard InChI is InChI=1S/C21H25N5O2S/c1-29(27,28)24-19-7-5-6-18(14-19)17-10-12-25(13-11-17)15-21-22-16-26(23-21)20-8-3-2-4-9-20/h2-9,14,16-17,24H,10-13,15H2,1H3. The Bertz CT molecular complexity index is 1060. The maximum Gasteiger partial charge on any atom is 0.229 e. The van der Waals surface area contributed by atoms with Crippen molar-refractivity contribution in [2.24, 2.45) is 0 Å². The molecule has 3 aromatic rings. The van der Waals surface area contributed by atoms with Crippen LogP contribution in [0.5, 0.6) is 0 Å². The first kappa shape index (κ1) is 19.6. The molecule has 29 heavy (non-hydrogen) atoms. The lowest BCUT2D eigenvalue weighted by Gasteiger charge is -2.31. The van der Waals surface area contributed by atoms with Crippen LogP contribution in [0.3, 0.4) is 0 Å². The van der Waals surface area contributed by atoms with Crippen LogP contribution in [0.25, 0.3) is 5.69 Å². The summed E-state index contributed by atoms with van der Waals surface area (Å²) in [5, 5.41) is 4.60. The van der Waals surface area contributed by atoms with Gasteiger partial charge in [0.15, 0.2) is 5.82 Å². The van der Waals surface area contributed by atoms with Gasteiger partial charge in [-0.3, -0.25) is 9.62 Å². The molecule has 0 radical (unpaired) electrons. The molecule has 7 nitrogen and oxygen atoms in total. The van der Waals surface area contributed by atoms with E-state index in [0.717, 1.165) is 44.0 Å². The molecule has 1 aliphatic rings. The average molecular weight is 412 g/mol. The van der Waals surface area contributed by atoms with E-state index in [1.54, 1.807) is 12.4 Å². The molecule has 0 aliphatic carbocycles. The van der Waals surface area contributed by atoms with Gasteiger partial charge < -0.3 is 0 Å². The van der Waals surface area contributed by atoms with Crippen molar-refractivity contribution in [3.8, 4) is 5.69 Å². The number of rotatable bonds is 6. The van der Waals surface area contributed by atoms with Crippen molar-refractivity contribution in [2.45, 2.75) is 25.3 Å². The normalized spacial score (nSPS) is 16.0. The maximum absolute atomic E-state index is 11.5. The lowest BCUT2D eigenvalue weighted by atomic mass is 9.89. The summed E-state index contributed by atoms with van der Waals surface area (Å²) in [6.07, 6.45) is 4.99. The van der Waals surface area contributed by atoms with E-state index < -0.39 is 10.0 Å². The molecule has 0 spiro atoms. The first-order chi connectivity index (χ1) is 14.0. The van der Waals surface area contributed by atoms with E-state index in [1.807, 2.05) is 47.1 Å². The fraction of sp³-hybridized carbons (Fsp3) is 0.333. The third kappa shape index (κ3) is 5.21. The number of nitrogens with one attached hydrogen (secondary N) is 1. The Morgan fingerprint density at radius 2 is 1.83 bits per heavy atom. The van der Waals surface area contributed by atoms with Crippen molar-refractivity contribution in [1.29, 1.82) is 0 Å². The Morgan fingerprint density at radius 1 is 1.07 bits per heavy atom. The van der Waals surface area contributed by atoms with Crippen LogP contribution in [0.1, 0.15) is 30.1 Å². The fourth-order valence-electron chi connectivity index (χ4n) is 3.77. The van der Waals surface area contributed by atoms with Crippen molar-refractivity contribution in [3.63, 3.8) is 0 Å². The molecule has 1 aliphatic heterocycles. The monoisotopic (exact) mass is 411 g/mol. The number of para-hydroxylation sites is 1. The summed E-state index contributed by atoms with van der Waals surface area (Å²) in [7, 11) is -3.26. The Balaban J connectivity index is 1.34. The highest BCUT2D eigenvalue weighted by atomic mass is 32.2. The molecule has 0 bridgehead atoms. The zero-order valence-electron chi connectivity index (χ0n) is 16.4. The predicted molar refractivity (Wildman–Crippen MR) is 114 cm³/mol. The molecule has 1 fully saturated rings. The Morgan fingerprint density at radius 3 is 2.55 bits per heavy atom. The molecule has 8 heteroatoms. The number of aromatic nitrogens is 3. The van der Waals surface area contributed by atoms with Crippen molar-refractivity contribution in [1.82, 2.24) is 19.7 Å². The van der Waals surface area contributed by atoms with E-state index >= 15 is 0 Å². The highest BCUT2D eigenvalue weighted by Crippen LogP contribution is 2.30. The summed E-state index contributed by atoms with van der Waals surface area (Å²) >= 11 is 0. The van der Waals surface area contributed by atoms with Gasteiger partial charge in [-0.1, -0.05) is 30.3 Å². The second kappa shape index (κ2) is 8.34. The lowest BCUT2D eigenvalue weighted by Crippen LogP contribution is -2.32. The zero-order chi connectivity index (χ0) is 20.3. The molecule has 0 unspecified atom stereocenters. The Hall–Kier alpha value is -2.71. The largest absolute Gasteiger partial charge is 0.296 e. The van der Waals surface area contributed by atoms with E-state index in [4.69, 9.17) is 0 Å². The second-order valence-corrected chi connectivity index (χ2v) is 9.24. The average Bonchev–Trinajstić information content (AvgIpc) is 3.17. The third-order valence-electron chi connectivity index (χ3n) is 5.17. The van der Waals surface area contributed by atoms with Gasteiger partial charge in [0.1, 0.15) is 6.33 Å². The van der Waals surface area contributed by atoms with E-state index in [0.29, 0.717) is 11.6 Å². The van der Waals surface area contributed by atoms with Crippen LogP contribution < -0.4 is 4.72 Å². The number of likely N-dealkylation sites (tertiary alicyclic amines) is 1. The Labute approximate surface area is 171 Å². The molecule has 0 saturated carbocycles. The van der Waals surface area contributed by atoms with E-state index in [9.17, 15) is 8.42 Å². The van der Waals surface area contributed by atoms with Gasteiger partial charge >= 0.3 is 0 Å². The molecule has 0 amide bonds. The van der Waals surface area contributed by atoms with Crippen LogP contribution in [0.2, 0.25) is 0 Å². The maximum atomic E-state index is 11.5. The predicted octanol–water partition coefficient (Wildman–Crippen LogP) is 3.02. The zero-order valence-corrected chi connectivity index (χ0v) is 17.2. The minimum Gasteiger partial charge on any atom is -0.296 e. The summed E-state index contributed by atoms with van der Waals surface area (Å²) < 4.78 is 27.3. The van der Waals surface area contributed by atoms with Crippen LogP contribution >= 0.6 is 0 Å². The van der Waals surface area contributed by atoms with Crippen LogP contribution in [0.4, 0.5) is 5.69 Å². The molecule has 1 N–H and O–H groups in total. The second-order valence-electron chi connectivity index (χ2n) is 7.49. The van der Waals surface area contributed by atoms with Crippen molar-refractivity contribution >= 4 is 15.7 Å². The molecular formula is C21H25N5O2S. The van der Waals surface area contributed by atoms with E-state index in [1.165, 1.54) is 11.8 Å². The van der Waals surface area contributed by atoms with Gasteiger partial charge in [0.25, 0.3) is 0 Å². The molecular weight excluding hydrogens is 386 g/mol. The SMILES string of the molecule is CS(=O)(=O)Nc1cccc(C2CCN(Cc3ncn(-c4ccccc4)n3)CC2)c1. The quantitative estimate of drug-likeness (QED) is 0.674. The van der Waals surface area contributed by atoms with Gasteiger partial charge in [-0.05, 0) is 61.7 Å². The topological polar surface area (TPSA) is 80.1 Å². The third-order valence-corrected chi connectivity index (χ3v) is 5.78. The number of hydrogen-bond donors (Lipinski definition) is 1. The minimum absolute atomic E-state index is 0.433. The fourth-order valence-corrected chi connectivity index (χ4v) is 4.32. The number of nitrogens with zero attached hydrogens (tertiary/aromatic N) is 4. The molecule has 1 aromatic heterocycles. The highest BCUT2D eigenvalue weighted by molar-refractivity contribution is 7.92. The van der Waals surface area contributed by atoms with Gasteiger partial charge in [-0.15, -0.1) is 5.10 Å². The van der Waals surface area contributed by atoms with Crippen molar-refractivity contribution in [3.05, 3.63) is 72.3 Å². The molecule has 4 rings (SSSR count). The van der Waals surface area contributed by atoms with Gasteiger partial charge in [0, 0.05) is 5.69 Å². The smallest absolute Gasteiger partial charge is 0.229 e. The summed E-state index contributed by atoms with van der Waals surface area (Å²) in [5.74, 6) is 1.26. The van der Waals surface area contributed by atoms with Gasteiger partial charge in [-0.2, -0.15) is 0 Å². The number of sulfonamides is 1.